The molecule has 1 aliphatic carbocycles. The lowest BCUT2D eigenvalue weighted by molar-refractivity contribution is 0.231. The van der Waals surface area contributed by atoms with Crippen molar-refractivity contribution < 1.29 is 4.84 Å². The van der Waals surface area contributed by atoms with Crippen LogP contribution < -0.4 is 0 Å². The largest absolute Gasteiger partial charge is 0.362 e. The first kappa shape index (κ1) is 20.0. The summed E-state index contributed by atoms with van der Waals surface area (Å²) in [5.74, 6) is 0.570. The Morgan fingerprint density at radius 2 is 1.81 bits per heavy atom. The highest BCUT2D eigenvalue weighted by molar-refractivity contribution is 6.21. The van der Waals surface area contributed by atoms with Crippen LogP contribution in [0.2, 0.25) is 0 Å². The van der Waals surface area contributed by atoms with E-state index in [1.54, 1.807) is 6.92 Å². The molecule has 26 heavy (non-hydrogen) atoms. The van der Waals surface area contributed by atoms with Crippen molar-refractivity contribution in [3.63, 3.8) is 0 Å². The average Bonchev–Trinajstić information content (AvgIpc) is 2.73. The van der Waals surface area contributed by atoms with Gasteiger partial charge in [-0.15, -0.1) is 0 Å². The maximum Gasteiger partial charge on any atom is 0.124 e. The second-order valence-electron chi connectivity index (χ2n) is 7.07. The second kappa shape index (κ2) is 8.84. The molecule has 0 saturated heterocycles. The van der Waals surface area contributed by atoms with Crippen LogP contribution in [0.25, 0.3) is 5.57 Å². The highest BCUT2D eigenvalue weighted by atomic mass is 16.6. The first-order valence-corrected chi connectivity index (χ1v) is 9.45. The molecule has 1 aromatic rings. The van der Waals surface area contributed by atoms with E-state index in [-0.39, 0.29) is 5.41 Å². The van der Waals surface area contributed by atoms with Gasteiger partial charge >= 0.3 is 0 Å². The summed E-state index contributed by atoms with van der Waals surface area (Å²) in [5.41, 5.74) is 5.76. The maximum absolute atomic E-state index is 5.21. The number of hydrogen-bond acceptors (Lipinski definition) is 2. The van der Waals surface area contributed by atoms with Crippen molar-refractivity contribution in [2.45, 2.75) is 58.8 Å². The SMILES string of the molecule is C=C(C)O/N=C(\C)C(=C)c1ccc2c(c1)C(CC)(CC)C/C=C\C=C/C2. The van der Waals surface area contributed by atoms with Crippen LogP contribution in [0.3, 0.4) is 0 Å². The fraction of sp³-hybridized carbons (Fsp3) is 0.375. The minimum atomic E-state index is 0.160. The van der Waals surface area contributed by atoms with Gasteiger partial charge in [-0.25, -0.2) is 0 Å². The molecule has 2 rings (SSSR count). The van der Waals surface area contributed by atoms with Gasteiger partial charge in [0, 0.05) is 0 Å². The normalized spacial score (nSPS) is 18.7. The summed E-state index contributed by atoms with van der Waals surface area (Å²) >= 11 is 0. The third-order valence-corrected chi connectivity index (χ3v) is 5.39. The first-order valence-electron chi connectivity index (χ1n) is 9.45. The lowest BCUT2D eigenvalue weighted by Crippen LogP contribution is -2.25. The molecular formula is C24H31NO. The number of hydrogen-bond donors (Lipinski definition) is 0. The molecule has 2 nitrogen and oxygen atoms in total. The summed E-state index contributed by atoms with van der Waals surface area (Å²) in [5, 5.41) is 4.13. The fourth-order valence-corrected chi connectivity index (χ4v) is 3.52. The van der Waals surface area contributed by atoms with E-state index in [1.807, 2.05) is 6.92 Å². The molecular weight excluding hydrogens is 318 g/mol. The zero-order valence-electron chi connectivity index (χ0n) is 16.6. The minimum absolute atomic E-state index is 0.160. The van der Waals surface area contributed by atoms with E-state index < -0.39 is 0 Å². The van der Waals surface area contributed by atoms with Crippen LogP contribution in [-0.2, 0) is 16.7 Å². The van der Waals surface area contributed by atoms with Gasteiger partial charge in [0.15, 0.2) is 0 Å². The summed E-state index contributed by atoms with van der Waals surface area (Å²) in [6, 6.07) is 6.71. The lowest BCUT2D eigenvalue weighted by Gasteiger charge is -2.34. The monoisotopic (exact) mass is 349 g/mol. The molecule has 0 unspecified atom stereocenters. The third kappa shape index (κ3) is 4.43. The molecule has 0 spiro atoms. The zero-order valence-corrected chi connectivity index (χ0v) is 16.6. The van der Waals surface area contributed by atoms with Gasteiger partial charge in [0.05, 0.1) is 5.71 Å². The van der Waals surface area contributed by atoms with E-state index >= 15 is 0 Å². The molecule has 0 radical (unpaired) electrons. The van der Waals surface area contributed by atoms with E-state index in [0.717, 1.165) is 42.5 Å². The van der Waals surface area contributed by atoms with Crippen molar-refractivity contribution in [2.75, 3.05) is 0 Å². The predicted octanol–water partition coefficient (Wildman–Crippen LogP) is 6.74. The van der Waals surface area contributed by atoms with Gasteiger partial charge in [0.1, 0.15) is 5.76 Å². The molecule has 138 valence electrons. The number of benzene rings is 1. The molecule has 2 heteroatoms. The molecule has 1 aromatic carbocycles. The summed E-state index contributed by atoms with van der Waals surface area (Å²) in [4.78, 5) is 5.21. The zero-order chi connectivity index (χ0) is 19.2. The molecule has 1 aliphatic rings. The Labute approximate surface area is 158 Å². The summed E-state index contributed by atoms with van der Waals surface area (Å²) in [6.45, 7) is 16.2. The van der Waals surface area contributed by atoms with E-state index in [0.29, 0.717) is 5.76 Å². The van der Waals surface area contributed by atoms with Gasteiger partial charge in [-0.1, -0.05) is 74.7 Å². The van der Waals surface area contributed by atoms with Gasteiger partial charge in [-0.05, 0) is 67.2 Å². The highest BCUT2D eigenvalue weighted by Gasteiger charge is 2.30. The Morgan fingerprint density at radius 3 is 2.46 bits per heavy atom. The van der Waals surface area contributed by atoms with Crippen LogP contribution in [0, 0.1) is 0 Å². The number of oxime groups is 1. The van der Waals surface area contributed by atoms with Crippen LogP contribution in [0.1, 0.15) is 63.6 Å². The number of rotatable bonds is 6. The van der Waals surface area contributed by atoms with Gasteiger partial charge in [0.2, 0.25) is 0 Å². The molecule has 0 atom stereocenters. The smallest absolute Gasteiger partial charge is 0.124 e. The number of nitrogens with zero attached hydrogens (tertiary/aromatic N) is 1. The number of fused-ring (bicyclic) bond motifs is 1. The highest BCUT2D eigenvalue weighted by Crippen LogP contribution is 2.39. The van der Waals surface area contributed by atoms with Crippen molar-refractivity contribution in [1.29, 1.82) is 0 Å². The molecule has 0 aromatic heterocycles. The molecule has 0 bridgehead atoms. The molecule has 0 N–H and O–H groups in total. The Hall–Kier alpha value is -2.35. The predicted molar refractivity (Wildman–Crippen MR) is 113 cm³/mol. The van der Waals surface area contributed by atoms with Crippen LogP contribution in [-0.4, -0.2) is 5.71 Å². The Kier molecular flexibility index (Phi) is 6.79. The van der Waals surface area contributed by atoms with E-state index in [2.05, 4.69) is 74.7 Å². The van der Waals surface area contributed by atoms with Gasteiger partial charge in [-0.2, -0.15) is 0 Å². The summed E-state index contributed by atoms with van der Waals surface area (Å²) in [6.07, 6.45) is 13.1. The van der Waals surface area contributed by atoms with E-state index in [9.17, 15) is 0 Å². The first-order chi connectivity index (χ1) is 12.4. The van der Waals surface area contributed by atoms with E-state index in [4.69, 9.17) is 4.84 Å². The second-order valence-corrected chi connectivity index (χ2v) is 7.07. The van der Waals surface area contributed by atoms with Crippen molar-refractivity contribution in [3.8, 4) is 0 Å². The van der Waals surface area contributed by atoms with Crippen LogP contribution in [0.5, 0.6) is 0 Å². The molecule has 0 fully saturated rings. The minimum Gasteiger partial charge on any atom is -0.362 e. The standard InChI is InChI=1S/C24H31NO/c1-7-24(8-2)16-12-10-9-11-13-21-14-15-22(17-23(21)24)19(5)20(6)25-26-18(3)4/h9-12,14-15,17H,3,5,7-8,13,16H2,1-2,4,6H3/b11-9-,12-10-,25-20+. The fourth-order valence-electron chi connectivity index (χ4n) is 3.52. The van der Waals surface area contributed by atoms with Gasteiger partial charge < -0.3 is 4.84 Å². The van der Waals surface area contributed by atoms with Crippen LogP contribution in [0.4, 0.5) is 0 Å². The Morgan fingerprint density at radius 1 is 1.12 bits per heavy atom. The van der Waals surface area contributed by atoms with Gasteiger partial charge in [0.25, 0.3) is 0 Å². The molecule has 0 saturated carbocycles. The number of allylic oxidation sites excluding steroid dienone is 6. The van der Waals surface area contributed by atoms with Crippen molar-refractivity contribution in [1.82, 2.24) is 0 Å². The van der Waals surface area contributed by atoms with Crippen LogP contribution >= 0.6 is 0 Å². The quantitative estimate of drug-likeness (QED) is 0.316. The molecule has 0 aliphatic heterocycles. The summed E-state index contributed by atoms with van der Waals surface area (Å²) < 4.78 is 0. The van der Waals surface area contributed by atoms with Crippen molar-refractivity contribution >= 4 is 11.3 Å². The Bertz CT molecular complexity index is 760. The third-order valence-electron chi connectivity index (χ3n) is 5.39. The maximum atomic E-state index is 5.21. The molecule has 0 heterocycles. The van der Waals surface area contributed by atoms with E-state index in [1.165, 1.54) is 11.1 Å². The topological polar surface area (TPSA) is 21.6 Å². The van der Waals surface area contributed by atoms with Crippen LogP contribution in [0.15, 0.2) is 66.6 Å². The van der Waals surface area contributed by atoms with Gasteiger partial charge in [-0.3, -0.25) is 0 Å². The molecule has 0 amide bonds. The van der Waals surface area contributed by atoms with Crippen molar-refractivity contribution in [2.24, 2.45) is 5.16 Å². The Balaban J connectivity index is 2.50. The lowest BCUT2D eigenvalue weighted by atomic mass is 9.70. The van der Waals surface area contributed by atoms with Crippen molar-refractivity contribution in [3.05, 3.63) is 78.1 Å². The average molecular weight is 350 g/mol. The summed E-state index contributed by atoms with van der Waals surface area (Å²) in [7, 11) is 0.